The zero-order chi connectivity index (χ0) is 12.4. The van der Waals surface area contributed by atoms with Crippen LogP contribution in [0.3, 0.4) is 0 Å². The number of halogens is 1. The van der Waals surface area contributed by atoms with Crippen LogP contribution in [-0.2, 0) is 4.74 Å². The first-order valence-corrected chi connectivity index (χ1v) is 6.05. The Kier molecular flexibility index (Phi) is 4.01. The highest BCUT2D eigenvalue weighted by Crippen LogP contribution is 2.23. The normalized spacial score (nSPS) is 32.7. The molecule has 1 aromatic rings. The fourth-order valence-corrected chi connectivity index (χ4v) is 1.99. The Hall–Kier alpha value is -0.660. The topological polar surface area (TPSA) is 82.0 Å². The summed E-state index contributed by atoms with van der Waals surface area (Å²) < 4.78 is 6.24. The molecule has 0 spiro atoms. The molecule has 2 rings (SSSR count). The maximum atomic E-state index is 9.72. The van der Waals surface area contributed by atoms with E-state index in [2.05, 4.69) is 21.2 Å². The largest absolute Gasteiger partial charge is 0.394 e. The first-order chi connectivity index (χ1) is 8.11. The molecule has 1 aliphatic rings. The summed E-state index contributed by atoms with van der Waals surface area (Å²) in [6, 6.07) is 7.34. The van der Waals surface area contributed by atoms with Gasteiger partial charge < -0.3 is 25.4 Å². The van der Waals surface area contributed by atoms with Gasteiger partial charge in [-0.05, 0) is 24.3 Å². The third-order valence-electron chi connectivity index (χ3n) is 2.70. The van der Waals surface area contributed by atoms with Crippen LogP contribution >= 0.6 is 15.9 Å². The van der Waals surface area contributed by atoms with Gasteiger partial charge in [-0.1, -0.05) is 15.9 Å². The Balaban J connectivity index is 2.02. The van der Waals surface area contributed by atoms with E-state index < -0.39 is 24.5 Å². The summed E-state index contributed by atoms with van der Waals surface area (Å²) >= 11 is 3.32. The number of anilines is 1. The highest BCUT2D eigenvalue weighted by Gasteiger charge is 2.42. The van der Waals surface area contributed by atoms with Gasteiger partial charge in [-0.2, -0.15) is 0 Å². The van der Waals surface area contributed by atoms with Gasteiger partial charge in [0.25, 0.3) is 0 Å². The number of hydrogen-bond donors (Lipinski definition) is 4. The third kappa shape index (κ3) is 2.78. The highest BCUT2D eigenvalue weighted by molar-refractivity contribution is 9.10. The van der Waals surface area contributed by atoms with Gasteiger partial charge >= 0.3 is 0 Å². The minimum atomic E-state index is -1.08. The van der Waals surface area contributed by atoms with Gasteiger partial charge in [-0.15, -0.1) is 0 Å². The predicted octanol–water partition coefficient (Wildman–Crippen LogP) is 0.300. The molecule has 5 nitrogen and oxygen atoms in total. The molecule has 0 radical (unpaired) electrons. The third-order valence-corrected chi connectivity index (χ3v) is 3.22. The Morgan fingerprint density at radius 2 is 1.82 bits per heavy atom. The van der Waals surface area contributed by atoms with Crippen LogP contribution in [-0.4, -0.2) is 46.5 Å². The van der Waals surface area contributed by atoms with Gasteiger partial charge in [0.2, 0.25) is 0 Å². The van der Waals surface area contributed by atoms with E-state index in [1.165, 1.54) is 0 Å². The molecule has 6 heteroatoms. The summed E-state index contributed by atoms with van der Waals surface area (Å²) in [5, 5.41) is 31.2. The molecule has 0 bridgehead atoms. The number of rotatable bonds is 3. The first-order valence-electron chi connectivity index (χ1n) is 5.26. The molecule has 1 aromatic carbocycles. The second-order valence-corrected chi connectivity index (χ2v) is 4.83. The van der Waals surface area contributed by atoms with Crippen molar-refractivity contribution in [3.63, 3.8) is 0 Å². The molecule has 0 unspecified atom stereocenters. The summed E-state index contributed by atoms with van der Waals surface area (Å²) in [6.45, 7) is -0.323. The Labute approximate surface area is 107 Å². The van der Waals surface area contributed by atoms with Crippen LogP contribution in [0.25, 0.3) is 0 Å². The van der Waals surface area contributed by atoms with Crippen LogP contribution in [0.4, 0.5) is 5.69 Å². The van der Waals surface area contributed by atoms with Gasteiger partial charge in [0.1, 0.15) is 18.3 Å². The van der Waals surface area contributed by atoms with Gasteiger partial charge in [0, 0.05) is 10.2 Å². The number of ether oxygens (including phenoxy) is 1. The number of benzene rings is 1. The summed E-state index contributed by atoms with van der Waals surface area (Å²) in [5.74, 6) is 0. The summed E-state index contributed by atoms with van der Waals surface area (Å²) in [6.07, 6.45) is -3.61. The van der Waals surface area contributed by atoms with Crippen molar-refractivity contribution in [2.24, 2.45) is 0 Å². The van der Waals surface area contributed by atoms with E-state index in [4.69, 9.17) is 9.84 Å². The van der Waals surface area contributed by atoms with Crippen molar-refractivity contribution >= 4 is 21.6 Å². The van der Waals surface area contributed by atoms with Crippen molar-refractivity contribution in [1.29, 1.82) is 0 Å². The molecule has 4 N–H and O–H groups in total. The molecule has 0 aliphatic carbocycles. The van der Waals surface area contributed by atoms with Crippen LogP contribution < -0.4 is 5.32 Å². The molecular formula is C11H14BrNO4. The molecule has 1 aliphatic heterocycles. The lowest BCUT2D eigenvalue weighted by molar-refractivity contribution is -0.0153. The van der Waals surface area contributed by atoms with Crippen LogP contribution in [0, 0.1) is 0 Å². The summed E-state index contributed by atoms with van der Waals surface area (Å²) in [4.78, 5) is 0. The second kappa shape index (κ2) is 5.32. The minimum Gasteiger partial charge on any atom is -0.394 e. The van der Waals surface area contributed by atoms with Crippen molar-refractivity contribution in [2.45, 2.75) is 24.5 Å². The monoisotopic (exact) mass is 303 g/mol. The lowest BCUT2D eigenvalue weighted by atomic mass is 10.1. The van der Waals surface area contributed by atoms with E-state index >= 15 is 0 Å². The average Bonchev–Trinajstić information content (AvgIpc) is 2.60. The molecule has 1 saturated heterocycles. The molecule has 1 fully saturated rings. The molecule has 0 aromatic heterocycles. The lowest BCUT2D eigenvalue weighted by Crippen LogP contribution is -2.36. The van der Waals surface area contributed by atoms with E-state index in [0.717, 1.165) is 10.2 Å². The van der Waals surface area contributed by atoms with E-state index in [0.29, 0.717) is 0 Å². The van der Waals surface area contributed by atoms with Crippen molar-refractivity contribution in [2.75, 3.05) is 11.9 Å². The molecular weight excluding hydrogens is 290 g/mol. The summed E-state index contributed by atoms with van der Waals surface area (Å²) in [7, 11) is 0. The van der Waals surface area contributed by atoms with Crippen LogP contribution in [0.2, 0.25) is 0 Å². The smallest absolute Gasteiger partial charge is 0.157 e. The molecule has 17 heavy (non-hydrogen) atoms. The second-order valence-electron chi connectivity index (χ2n) is 3.91. The number of aliphatic hydroxyl groups excluding tert-OH is 3. The minimum absolute atomic E-state index is 0.323. The van der Waals surface area contributed by atoms with E-state index in [1.807, 2.05) is 24.3 Å². The van der Waals surface area contributed by atoms with Crippen LogP contribution in [0.5, 0.6) is 0 Å². The zero-order valence-electron chi connectivity index (χ0n) is 8.95. The quantitative estimate of drug-likeness (QED) is 0.646. The molecule has 94 valence electrons. The fraction of sp³-hybridized carbons (Fsp3) is 0.455. The van der Waals surface area contributed by atoms with Gasteiger partial charge in [-0.25, -0.2) is 0 Å². The van der Waals surface area contributed by atoms with Crippen molar-refractivity contribution in [3.05, 3.63) is 28.7 Å². The lowest BCUT2D eigenvalue weighted by Gasteiger charge is -2.17. The summed E-state index contributed by atoms with van der Waals surface area (Å²) in [5.41, 5.74) is 0.767. The number of nitrogens with one attached hydrogen (secondary N) is 1. The molecule has 0 amide bonds. The van der Waals surface area contributed by atoms with Crippen molar-refractivity contribution in [3.8, 4) is 0 Å². The maximum Gasteiger partial charge on any atom is 0.157 e. The first kappa shape index (κ1) is 12.8. The van der Waals surface area contributed by atoms with Crippen molar-refractivity contribution < 1.29 is 20.1 Å². The van der Waals surface area contributed by atoms with Crippen LogP contribution in [0.1, 0.15) is 0 Å². The van der Waals surface area contributed by atoms with Crippen LogP contribution in [0.15, 0.2) is 28.7 Å². The van der Waals surface area contributed by atoms with E-state index in [-0.39, 0.29) is 6.61 Å². The average molecular weight is 304 g/mol. The standard InChI is InChI=1S/C11H14BrNO4/c12-6-1-3-7(4-2-6)13-11-10(16)9(15)8(5-14)17-11/h1-4,8-11,13-16H,5H2/t8-,9+,10+,11-/m0/s1. The molecule has 0 saturated carbocycles. The SMILES string of the molecule is OC[C@@H]1O[C@H](Nc2ccc(Br)cc2)[C@H](O)[C@@H]1O. The van der Waals surface area contributed by atoms with E-state index in [9.17, 15) is 10.2 Å². The van der Waals surface area contributed by atoms with E-state index in [1.54, 1.807) is 0 Å². The van der Waals surface area contributed by atoms with Crippen molar-refractivity contribution in [1.82, 2.24) is 0 Å². The Morgan fingerprint density at radius 3 is 2.35 bits per heavy atom. The Bertz CT molecular complexity index is 372. The zero-order valence-corrected chi connectivity index (χ0v) is 10.5. The Morgan fingerprint density at radius 1 is 1.18 bits per heavy atom. The maximum absolute atomic E-state index is 9.72. The predicted molar refractivity (Wildman–Crippen MR) is 65.5 cm³/mol. The fourth-order valence-electron chi connectivity index (χ4n) is 1.73. The van der Waals surface area contributed by atoms with Gasteiger partial charge in [-0.3, -0.25) is 0 Å². The number of hydrogen-bond acceptors (Lipinski definition) is 5. The molecule has 1 heterocycles. The number of aliphatic hydroxyl groups is 3. The highest BCUT2D eigenvalue weighted by atomic mass is 79.9. The van der Waals surface area contributed by atoms with Gasteiger partial charge in [0.15, 0.2) is 6.23 Å². The van der Waals surface area contributed by atoms with Gasteiger partial charge in [0.05, 0.1) is 6.61 Å². The molecule has 4 atom stereocenters.